The molecule has 0 fully saturated rings. The van der Waals surface area contributed by atoms with Gasteiger partial charge >= 0.3 is 12.6 Å². The molecule has 0 spiro atoms. The van der Waals surface area contributed by atoms with Gasteiger partial charge in [-0.05, 0) is 50.2 Å². The van der Waals surface area contributed by atoms with Crippen molar-refractivity contribution in [3.8, 4) is 11.5 Å². The Balaban J connectivity index is 2.19. The van der Waals surface area contributed by atoms with Crippen LogP contribution in [0.15, 0.2) is 42.5 Å². The van der Waals surface area contributed by atoms with Crippen molar-refractivity contribution in [2.75, 3.05) is 18.5 Å². The van der Waals surface area contributed by atoms with Crippen LogP contribution in [0, 0.1) is 0 Å². The average molecular weight is 379 g/mol. The topological polar surface area (TPSA) is 73.9 Å². The molecule has 8 heteroatoms. The summed E-state index contributed by atoms with van der Waals surface area (Å²) in [6.07, 6.45) is 0. The molecular weight excluding hydrogens is 360 g/mol. The fourth-order valence-electron chi connectivity index (χ4n) is 2.25. The molecule has 1 amide bonds. The Morgan fingerprint density at radius 2 is 1.78 bits per heavy atom. The Kier molecular flexibility index (Phi) is 7.10. The molecule has 2 aromatic rings. The first-order valence-corrected chi connectivity index (χ1v) is 8.24. The molecule has 144 valence electrons. The second-order valence-corrected chi connectivity index (χ2v) is 5.23. The number of ether oxygens (including phenoxy) is 3. The van der Waals surface area contributed by atoms with Gasteiger partial charge in [0.15, 0.2) is 11.5 Å². The molecule has 27 heavy (non-hydrogen) atoms. The van der Waals surface area contributed by atoms with Crippen molar-refractivity contribution in [2.24, 2.45) is 0 Å². The number of rotatable bonds is 8. The van der Waals surface area contributed by atoms with Gasteiger partial charge in [0.25, 0.3) is 5.91 Å². The Morgan fingerprint density at radius 3 is 2.44 bits per heavy atom. The maximum absolute atomic E-state index is 12.5. The van der Waals surface area contributed by atoms with Gasteiger partial charge in [-0.15, -0.1) is 0 Å². The van der Waals surface area contributed by atoms with Gasteiger partial charge in [-0.1, -0.05) is 6.07 Å². The molecule has 0 bridgehead atoms. The predicted octanol–water partition coefficient (Wildman–Crippen LogP) is 4.12. The fourth-order valence-corrected chi connectivity index (χ4v) is 2.25. The number of benzene rings is 2. The zero-order chi connectivity index (χ0) is 19.8. The van der Waals surface area contributed by atoms with E-state index in [1.165, 1.54) is 24.3 Å². The summed E-state index contributed by atoms with van der Waals surface area (Å²) in [6.45, 7) is 0.824. The zero-order valence-electron chi connectivity index (χ0n) is 14.8. The fraction of sp³-hybridized carbons (Fsp3) is 0.263. The van der Waals surface area contributed by atoms with Gasteiger partial charge in [-0.25, -0.2) is 4.79 Å². The standard InChI is InChI=1S/C19H19F2NO5/c1-3-25-16-11-12(8-9-15(16)27-19(20)21)17(23)22-14-7-5-6-13(10-14)18(24)26-4-2/h5-11,19H,3-4H2,1-2H3,(H,22,23). The van der Waals surface area contributed by atoms with Crippen LogP contribution in [0.3, 0.4) is 0 Å². The first kappa shape index (κ1) is 20.2. The monoisotopic (exact) mass is 379 g/mol. The van der Waals surface area contributed by atoms with Crippen LogP contribution >= 0.6 is 0 Å². The van der Waals surface area contributed by atoms with E-state index < -0.39 is 18.5 Å². The van der Waals surface area contributed by atoms with Crippen LogP contribution in [0.25, 0.3) is 0 Å². The highest BCUT2D eigenvalue weighted by Gasteiger charge is 2.15. The van der Waals surface area contributed by atoms with E-state index in [1.807, 2.05) is 0 Å². The van der Waals surface area contributed by atoms with E-state index in [4.69, 9.17) is 9.47 Å². The molecule has 6 nitrogen and oxygen atoms in total. The predicted molar refractivity (Wildman–Crippen MR) is 94.6 cm³/mol. The minimum atomic E-state index is -3.01. The third-order valence-corrected chi connectivity index (χ3v) is 3.35. The third kappa shape index (κ3) is 5.67. The van der Waals surface area contributed by atoms with Crippen LogP contribution in [0.4, 0.5) is 14.5 Å². The van der Waals surface area contributed by atoms with E-state index in [0.717, 1.165) is 0 Å². The molecule has 0 aromatic heterocycles. The molecule has 0 radical (unpaired) electrons. The van der Waals surface area contributed by atoms with Gasteiger partial charge in [0, 0.05) is 11.3 Å². The molecular formula is C19H19F2NO5. The van der Waals surface area contributed by atoms with Crippen LogP contribution in [0.2, 0.25) is 0 Å². The number of alkyl halides is 2. The summed E-state index contributed by atoms with van der Waals surface area (Å²) in [6, 6.07) is 10.1. The third-order valence-electron chi connectivity index (χ3n) is 3.35. The number of anilines is 1. The maximum Gasteiger partial charge on any atom is 0.387 e. The summed E-state index contributed by atoms with van der Waals surface area (Å²) < 4.78 is 39.4. The highest BCUT2D eigenvalue weighted by atomic mass is 19.3. The summed E-state index contributed by atoms with van der Waals surface area (Å²) >= 11 is 0. The lowest BCUT2D eigenvalue weighted by Gasteiger charge is -2.13. The Labute approximate surface area is 155 Å². The molecule has 2 rings (SSSR count). The van der Waals surface area contributed by atoms with E-state index in [0.29, 0.717) is 11.3 Å². The smallest absolute Gasteiger partial charge is 0.387 e. The Morgan fingerprint density at radius 1 is 1.00 bits per heavy atom. The number of carbonyl (C=O) groups is 2. The summed E-state index contributed by atoms with van der Waals surface area (Å²) in [7, 11) is 0. The number of carbonyl (C=O) groups excluding carboxylic acids is 2. The molecule has 1 N–H and O–H groups in total. The average Bonchev–Trinajstić information content (AvgIpc) is 2.63. The van der Waals surface area contributed by atoms with Crippen molar-refractivity contribution >= 4 is 17.6 Å². The van der Waals surface area contributed by atoms with Crippen molar-refractivity contribution in [3.05, 3.63) is 53.6 Å². The Bertz CT molecular complexity index is 810. The molecule has 0 heterocycles. The van der Waals surface area contributed by atoms with E-state index in [1.54, 1.807) is 32.0 Å². The minimum absolute atomic E-state index is 0.0331. The van der Waals surface area contributed by atoms with Crippen molar-refractivity contribution in [1.29, 1.82) is 0 Å². The lowest BCUT2D eigenvalue weighted by atomic mass is 10.1. The van der Waals surface area contributed by atoms with E-state index in [-0.39, 0.29) is 30.3 Å². The minimum Gasteiger partial charge on any atom is -0.490 e. The lowest BCUT2D eigenvalue weighted by Crippen LogP contribution is -2.13. The lowest BCUT2D eigenvalue weighted by molar-refractivity contribution is -0.0514. The van der Waals surface area contributed by atoms with Gasteiger partial charge in [0.05, 0.1) is 18.8 Å². The second kappa shape index (κ2) is 9.51. The zero-order valence-corrected chi connectivity index (χ0v) is 14.8. The van der Waals surface area contributed by atoms with Crippen molar-refractivity contribution in [3.63, 3.8) is 0 Å². The number of esters is 1. The van der Waals surface area contributed by atoms with Gasteiger partial charge < -0.3 is 19.5 Å². The molecule has 0 atom stereocenters. The van der Waals surface area contributed by atoms with Crippen LogP contribution < -0.4 is 14.8 Å². The molecule has 0 saturated carbocycles. The summed E-state index contributed by atoms with van der Waals surface area (Å²) in [5.74, 6) is -1.13. The maximum atomic E-state index is 12.5. The molecule has 0 aliphatic carbocycles. The van der Waals surface area contributed by atoms with Crippen LogP contribution in [0.1, 0.15) is 34.6 Å². The van der Waals surface area contributed by atoms with Gasteiger partial charge in [-0.3, -0.25) is 4.79 Å². The van der Waals surface area contributed by atoms with Gasteiger partial charge in [0.2, 0.25) is 0 Å². The van der Waals surface area contributed by atoms with Crippen LogP contribution in [-0.4, -0.2) is 31.7 Å². The summed E-state index contributed by atoms with van der Waals surface area (Å²) in [5.41, 5.74) is 0.864. The quantitative estimate of drug-likeness (QED) is 0.699. The highest BCUT2D eigenvalue weighted by Crippen LogP contribution is 2.30. The summed E-state index contributed by atoms with van der Waals surface area (Å²) in [5, 5.41) is 2.63. The molecule has 0 saturated heterocycles. The Hall–Kier alpha value is -3.16. The molecule has 2 aromatic carbocycles. The second-order valence-electron chi connectivity index (χ2n) is 5.23. The number of halogens is 2. The van der Waals surface area contributed by atoms with Crippen molar-refractivity contribution in [2.45, 2.75) is 20.5 Å². The largest absolute Gasteiger partial charge is 0.490 e. The van der Waals surface area contributed by atoms with Crippen molar-refractivity contribution in [1.82, 2.24) is 0 Å². The SMILES string of the molecule is CCOC(=O)c1cccc(NC(=O)c2ccc(OC(F)F)c(OCC)c2)c1. The van der Waals surface area contributed by atoms with Gasteiger partial charge in [-0.2, -0.15) is 8.78 Å². The first-order valence-electron chi connectivity index (χ1n) is 8.24. The molecule has 0 aliphatic rings. The number of nitrogens with one attached hydrogen (secondary N) is 1. The highest BCUT2D eigenvalue weighted by molar-refractivity contribution is 6.05. The van der Waals surface area contributed by atoms with E-state index >= 15 is 0 Å². The van der Waals surface area contributed by atoms with Gasteiger partial charge in [0.1, 0.15) is 0 Å². The molecule has 0 aliphatic heterocycles. The van der Waals surface area contributed by atoms with Crippen LogP contribution in [0.5, 0.6) is 11.5 Å². The van der Waals surface area contributed by atoms with E-state index in [9.17, 15) is 18.4 Å². The number of amides is 1. The number of hydrogen-bond acceptors (Lipinski definition) is 5. The van der Waals surface area contributed by atoms with Crippen LogP contribution in [-0.2, 0) is 4.74 Å². The normalized spacial score (nSPS) is 10.4. The van der Waals surface area contributed by atoms with E-state index in [2.05, 4.69) is 10.1 Å². The number of hydrogen-bond donors (Lipinski definition) is 1. The first-order chi connectivity index (χ1) is 12.9. The summed E-state index contributed by atoms with van der Waals surface area (Å²) in [4.78, 5) is 24.2. The van der Waals surface area contributed by atoms with Crippen molar-refractivity contribution < 1.29 is 32.6 Å². The molecule has 0 unspecified atom stereocenters.